The molecule has 0 bridgehead atoms. The minimum atomic E-state index is -0.282. The largest absolute Gasteiger partial charge is 0.496 e. The van der Waals surface area contributed by atoms with Crippen LogP contribution in [-0.4, -0.2) is 22.4 Å². The third-order valence-corrected chi connectivity index (χ3v) is 4.70. The number of nitrogens with zero attached hydrogens (tertiary/aromatic N) is 2. The van der Waals surface area contributed by atoms with Gasteiger partial charge >= 0.3 is 0 Å². The SMILES string of the molecule is COc1ccc(Cl)cc1C(=O)Nc1ccc(-c2cn3ccc(C)cc3n2)cc1. The molecule has 0 saturated heterocycles. The maximum Gasteiger partial charge on any atom is 0.259 e. The summed E-state index contributed by atoms with van der Waals surface area (Å²) in [4.78, 5) is 17.2. The quantitative estimate of drug-likeness (QED) is 0.518. The second-order valence-electron chi connectivity index (χ2n) is 6.47. The van der Waals surface area contributed by atoms with Crippen molar-refractivity contribution < 1.29 is 9.53 Å². The Morgan fingerprint density at radius 3 is 2.64 bits per heavy atom. The van der Waals surface area contributed by atoms with E-state index in [1.807, 2.05) is 60.1 Å². The van der Waals surface area contributed by atoms with Crippen LogP contribution in [0.2, 0.25) is 5.02 Å². The number of ether oxygens (including phenoxy) is 1. The predicted octanol–water partition coefficient (Wildman–Crippen LogP) is 5.22. The number of methoxy groups -OCH3 is 1. The Morgan fingerprint density at radius 2 is 1.89 bits per heavy atom. The number of carbonyl (C=O) groups excluding carboxylic acids is 1. The molecule has 1 amide bonds. The molecule has 4 aromatic rings. The minimum absolute atomic E-state index is 0.282. The van der Waals surface area contributed by atoms with Crippen molar-refractivity contribution in [1.82, 2.24) is 9.38 Å². The number of hydrogen-bond acceptors (Lipinski definition) is 3. The highest BCUT2D eigenvalue weighted by molar-refractivity contribution is 6.31. The summed E-state index contributed by atoms with van der Waals surface area (Å²) in [6.45, 7) is 2.04. The Morgan fingerprint density at radius 1 is 1.11 bits per heavy atom. The molecule has 0 atom stereocenters. The first-order valence-corrected chi connectivity index (χ1v) is 9.12. The zero-order chi connectivity index (χ0) is 19.7. The molecule has 0 aliphatic carbocycles. The predicted molar refractivity (Wildman–Crippen MR) is 111 cm³/mol. The number of rotatable bonds is 4. The van der Waals surface area contributed by atoms with Crippen molar-refractivity contribution in [3.63, 3.8) is 0 Å². The summed E-state index contributed by atoms with van der Waals surface area (Å²) in [5.74, 6) is 0.189. The highest BCUT2D eigenvalue weighted by atomic mass is 35.5. The summed E-state index contributed by atoms with van der Waals surface area (Å²) in [5, 5.41) is 3.35. The van der Waals surface area contributed by atoms with Crippen LogP contribution in [0.4, 0.5) is 5.69 Å². The van der Waals surface area contributed by atoms with E-state index in [4.69, 9.17) is 16.3 Å². The first kappa shape index (κ1) is 18.1. The molecule has 2 heterocycles. The third-order valence-electron chi connectivity index (χ3n) is 4.46. The molecule has 28 heavy (non-hydrogen) atoms. The Hall–Kier alpha value is -3.31. The van der Waals surface area contributed by atoms with Gasteiger partial charge in [0, 0.05) is 28.7 Å². The molecule has 2 aromatic heterocycles. The zero-order valence-electron chi connectivity index (χ0n) is 15.4. The molecule has 0 fully saturated rings. The van der Waals surface area contributed by atoms with Crippen LogP contribution < -0.4 is 10.1 Å². The molecule has 1 N–H and O–H groups in total. The Bertz CT molecular complexity index is 1170. The summed E-state index contributed by atoms with van der Waals surface area (Å²) in [6.07, 6.45) is 3.98. The van der Waals surface area contributed by atoms with Gasteiger partial charge in [0.05, 0.1) is 18.4 Å². The van der Waals surface area contributed by atoms with Crippen LogP contribution >= 0.6 is 11.6 Å². The van der Waals surface area contributed by atoms with Crippen LogP contribution in [0.1, 0.15) is 15.9 Å². The fraction of sp³-hybridized carbons (Fsp3) is 0.0909. The van der Waals surface area contributed by atoms with Gasteiger partial charge in [-0.3, -0.25) is 4.79 Å². The van der Waals surface area contributed by atoms with Crippen molar-refractivity contribution in [3.05, 3.63) is 83.1 Å². The highest BCUT2D eigenvalue weighted by Crippen LogP contribution is 2.25. The maximum atomic E-state index is 12.6. The van der Waals surface area contributed by atoms with Gasteiger partial charge in [-0.25, -0.2) is 4.98 Å². The van der Waals surface area contributed by atoms with Crippen LogP contribution in [0.15, 0.2) is 67.0 Å². The molecule has 140 valence electrons. The Labute approximate surface area is 167 Å². The summed E-state index contributed by atoms with van der Waals surface area (Å²) in [7, 11) is 1.52. The lowest BCUT2D eigenvalue weighted by Gasteiger charge is -2.10. The standard InChI is InChI=1S/C22H18ClN3O2/c1-14-9-10-26-13-19(25-21(26)11-14)15-3-6-17(7-4-15)24-22(27)18-12-16(23)5-8-20(18)28-2/h3-13H,1-2H3,(H,24,27). The van der Waals surface area contributed by atoms with Gasteiger partial charge in [-0.1, -0.05) is 23.7 Å². The van der Waals surface area contributed by atoms with Gasteiger partial charge in [0.25, 0.3) is 5.91 Å². The molecular weight excluding hydrogens is 374 g/mol. The van der Waals surface area contributed by atoms with Crippen LogP contribution in [0, 0.1) is 6.92 Å². The fourth-order valence-corrected chi connectivity index (χ4v) is 3.18. The normalized spacial score (nSPS) is 10.8. The lowest BCUT2D eigenvalue weighted by atomic mass is 10.1. The van der Waals surface area contributed by atoms with Crippen molar-refractivity contribution >= 4 is 28.8 Å². The van der Waals surface area contributed by atoms with E-state index in [0.717, 1.165) is 16.9 Å². The average molecular weight is 392 g/mol. The molecule has 2 aromatic carbocycles. The molecule has 0 spiro atoms. The first-order valence-electron chi connectivity index (χ1n) is 8.74. The van der Waals surface area contributed by atoms with E-state index in [-0.39, 0.29) is 5.91 Å². The summed E-state index contributed by atoms with van der Waals surface area (Å²) in [5.41, 5.74) is 4.98. The van der Waals surface area contributed by atoms with Gasteiger partial charge in [0.1, 0.15) is 11.4 Å². The lowest BCUT2D eigenvalue weighted by molar-refractivity contribution is 0.102. The van der Waals surface area contributed by atoms with Gasteiger partial charge in [0.15, 0.2) is 0 Å². The summed E-state index contributed by atoms with van der Waals surface area (Å²) < 4.78 is 7.23. The van der Waals surface area contributed by atoms with Gasteiger partial charge in [0.2, 0.25) is 0 Å². The number of fused-ring (bicyclic) bond motifs is 1. The van der Waals surface area contributed by atoms with E-state index in [1.165, 1.54) is 12.7 Å². The second kappa shape index (κ2) is 7.37. The number of imidazole rings is 1. The topological polar surface area (TPSA) is 55.6 Å². The van der Waals surface area contributed by atoms with Gasteiger partial charge in [-0.2, -0.15) is 0 Å². The Kier molecular flexibility index (Phi) is 4.75. The molecule has 4 rings (SSSR count). The number of halogens is 1. The number of pyridine rings is 1. The number of nitrogens with one attached hydrogen (secondary N) is 1. The number of aryl methyl sites for hydroxylation is 1. The molecule has 6 heteroatoms. The van der Waals surface area contributed by atoms with E-state index in [2.05, 4.69) is 10.3 Å². The zero-order valence-corrected chi connectivity index (χ0v) is 16.2. The maximum absolute atomic E-state index is 12.6. The van der Waals surface area contributed by atoms with Gasteiger partial charge < -0.3 is 14.5 Å². The van der Waals surface area contributed by atoms with Crippen LogP contribution in [0.3, 0.4) is 0 Å². The van der Waals surface area contributed by atoms with Crippen molar-refractivity contribution in [2.45, 2.75) is 6.92 Å². The number of benzene rings is 2. The fourth-order valence-electron chi connectivity index (χ4n) is 3.00. The molecule has 0 radical (unpaired) electrons. The molecular formula is C22H18ClN3O2. The van der Waals surface area contributed by atoms with Gasteiger partial charge in [-0.05, 0) is 55.0 Å². The van der Waals surface area contributed by atoms with E-state index in [1.54, 1.807) is 18.2 Å². The minimum Gasteiger partial charge on any atom is -0.496 e. The molecule has 0 aliphatic heterocycles. The summed E-state index contributed by atoms with van der Waals surface area (Å²) in [6, 6.07) is 16.6. The van der Waals surface area contributed by atoms with E-state index < -0.39 is 0 Å². The number of aromatic nitrogens is 2. The highest BCUT2D eigenvalue weighted by Gasteiger charge is 2.13. The van der Waals surface area contributed by atoms with Crippen LogP contribution in [0.25, 0.3) is 16.9 Å². The molecule has 5 nitrogen and oxygen atoms in total. The molecule has 0 aliphatic rings. The molecule has 0 unspecified atom stereocenters. The van der Waals surface area contributed by atoms with Crippen molar-refractivity contribution in [2.24, 2.45) is 0 Å². The monoisotopic (exact) mass is 391 g/mol. The number of carbonyl (C=O) groups is 1. The second-order valence-corrected chi connectivity index (χ2v) is 6.91. The lowest BCUT2D eigenvalue weighted by Crippen LogP contribution is -2.13. The Balaban J connectivity index is 1.56. The number of hydrogen-bond donors (Lipinski definition) is 1. The van der Waals surface area contributed by atoms with Crippen LogP contribution in [-0.2, 0) is 0 Å². The van der Waals surface area contributed by atoms with Crippen molar-refractivity contribution in [3.8, 4) is 17.0 Å². The van der Waals surface area contributed by atoms with Crippen molar-refractivity contribution in [2.75, 3.05) is 12.4 Å². The summed E-state index contributed by atoms with van der Waals surface area (Å²) >= 11 is 6.01. The first-order chi connectivity index (χ1) is 13.5. The van der Waals surface area contributed by atoms with Crippen molar-refractivity contribution in [1.29, 1.82) is 0 Å². The van der Waals surface area contributed by atoms with Gasteiger partial charge in [-0.15, -0.1) is 0 Å². The number of amides is 1. The smallest absolute Gasteiger partial charge is 0.259 e. The van der Waals surface area contributed by atoms with E-state index >= 15 is 0 Å². The van der Waals surface area contributed by atoms with Crippen LogP contribution in [0.5, 0.6) is 5.75 Å². The van der Waals surface area contributed by atoms with E-state index in [0.29, 0.717) is 22.0 Å². The van der Waals surface area contributed by atoms with E-state index in [9.17, 15) is 4.79 Å². The third kappa shape index (κ3) is 3.57. The number of anilines is 1. The molecule has 0 saturated carbocycles. The average Bonchev–Trinajstić information content (AvgIpc) is 3.11.